The average molecular weight is 566 g/mol. The van der Waals surface area contributed by atoms with Crippen molar-refractivity contribution < 1.29 is 33.6 Å². The number of amides is 5. The molecule has 3 rings (SSSR count). The van der Waals surface area contributed by atoms with Crippen LogP contribution < -0.4 is 0 Å². The predicted molar refractivity (Wildman–Crippen MR) is 146 cm³/mol. The summed E-state index contributed by atoms with van der Waals surface area (Å²) in [5.74, 6) is -2.06. The third kappa shape index (κ3) is 7.21. The minimum Gasteiger partial charge on any atom is -0.344 e. The highest BCUT2D eigenvalue weighted by atomic mass is 32.2. The first-order valence-electron chi connectivity index (χ1n) is 13.9. The maximum Gasteiger partial charge on any atom is 0.336 e. The summed E-state index contributed by atoms with van der Waals surface area (Å²) in [6.45, 7) is 12.7. The summed E-state index contributed by atoms with van der Waals surface area (Å²) in [7, 11) is 1.79. The molecule has 1 atom stereocenters. The number of hydrogen-bond donors (Lipinski definition) is 0. The van der Waals surface area contributed by atoms with E-state index >= 15 is 0 Å². The Morgan fingerprint density at radius 2 is 1.54 bits per heavy atom. The van der Waals surface area contributed by atoms with Crippen LogP contribution in [0.15, 0.2) is 0 Å². The smallest absolute Gasteiger partial charge is 0.336 e. The van der Waals surface area contributed by atoms with Gasteiger partial charge in [-0.2, -0.15) is 0 Å². The first-order chi connectivity index (χ1) is 18.0. The SMILES string of the molecule is CC(C)C(C)(C)C(=O)N(C)CC(C)(C)SC1CC(=O)N(CC2CCC(C(=O)ON3C(=O)CCC3=O)CC2)C1=O. The molecule has 11 heteroatoms. The summed E-state index contributed by atoms with van der Waals surface area (Å²) in [6, 6.07) is 0. The summed E-state index contributed by atoms with van der Waals surface area (Å²) < 4.78 is -0.426. The Morgan fingerprint density at radius 1 is 0.974 bits per heavy atom. The zero-order valence-electron chi connectivity index (χ0n) is 24.3. The second kappa shape index (κ2) is 12.0. The van der Waals surface area contributed by atoms with Crippen LogP contribution in [0, 0.1) is 23.2 Å². The molecule has 2 saturated heterocycles. The maximum atomic E-state index is 13.2. The van der Waals surface area contributed by atoms with E-state index in [9.17, 15) is 28.8 Å². The van der Waals surface area contributed by atoms with E-state index in [2.05, 4.69) is 0 Å². The zero-order chi connectivity index (χ0) is 29.3. The fourth-order valence-electron chi connectivity index (χ4n) is 5.40. The second-order valence-electron chi connectivity index (χ2n) is 12.7. The number of hydroxylamine groups is 2. The van der Waals surface area contributed by atoms with E-state index in [-0.39, 0.29) is 48.8 Å². The number of nitrogens with zero attached hydrogens (tertiary/aromatic N) is 3. The molecule has 3 fully saturated rings. The lowest BCUT2D eigenvalue weighted by Gasteiger charge is -2.37. The Kier molecular flexibility index (Phi) is 9.55. The molecule has 2 heterocycles. The molecule has 0 aromatic rings. The van der Waals surface area contributed by atoms with Crippen molar-refractivity contribution >= 4 is 47.3 Å². The number of thioether (sulfide) groups is 1. The molecule has 218 valence electrons. The van der Waals surface area contributed by atoms with Crippen molar-refractivity contribution in [3.05, 3.63) is 0 Å². The van der Waals surface area contributed by atoms with Crippen molar-refractivity contribution in [2.75, 3.05) is 20.1 Å². The molecule has 10 nitrogen and oxygen atoms in total. The highest BCUT2D eigenvalue weighted by Gasteiger charge is 2.44. The van der Waals surface area contributed by atoms with Gasteiger partial charge in [0.1, 0.15) is 0 Å². The number of likely N-dealkylation sites (tertiary alicyclic amines) is 1. The minimum atomic E-state index is -0.579. The van der Waals surface area contributed by atoms with E-state index in [0.717, 1.165) is 0 Å². The van der Waals surface area contributed by atoms with Crippen LogP contribution >= 0.6 is 11.8 Å². The van der Waals surface area contributed by atoms with Gasteiger partial charge in [0, 0.05) is 49.6 Å². The van der Waals surface area contributed by atoms with Gasteiger partial charge in [0.15, 0.2) is 0 Å². The van der Waals surface area contributed by atoms with E-state index in [4.69, 9.17) is 4.84 Å². The molecule has 1 aliphatic carbocycles. The molecule has 0 aromatic carbocycles. The van der Waals surface area contributed by atoms with Crippen LogP contribution in [-0.2, 0) is 33.6 Å². The third-order valence-corrected chi connectivity index (χ3v) is 9.85. The first-order valence-corrected chi connectivity index (χ1v) is 14.8. The molecule has 0 bridgehead atoms. The van der Waals surface area contributed by atoms with E-state index in [1.807, 2.05) is 41.5 Å². The van der Waals surface area contributed by atoms with Crippen molar-refractivity contribution in [2.24, 2.45) is 23.2 Å². The molecular weight excluding hydrogens is 522 g/mol. The van der Waals surface area contributed by atoms with Gasteiger partial charge in [-0.25, -0.2) is 4.79 Å². The second-order valence-corrected chi connectivity index (χ2v) is 14.6. The summed E-state index contributed by atoms with van der Waals surface area (Å²) in [4.78, 5) is 83.1. The Morgan fingerprint density at radius 3 is 2.08 bits per heavy atom. The van der Waals surface area contributed by atoms with Crippen molar-refractivity contribution in [3.8, 4) is 0 Å². The molecular formula is C28H43N3O7S. The largest absolute Gasteiger partial charge is 0.344 e. The van der Waals surface area contributed by atoms with Gasteiger partial charge in [0.25, 0.3) is 11.8 Å². The van der Waals surface area contributed by atoms with Crippen LogP contribution in [0.4, 0.5) is 0 Å². The molecule has 5 amide bonds. The lowest BCUT2D eigenvalue weighted by atomic mass is 9.80. The summed E-state index contributed by atoms with van der Waals surface area (Å²) >= 11 is 1.44. The topological polar surface area (TPSA) is 121 Å². The van der Waals surface area contributed by atoms with Crippen LogP contribution in [0.5, 0.6) is 0 Å². The van der Waals surface area contributed by atoms with Gasteiger partial charge in [-0.3, -0.25) is 28.9 Å². The first kappa shape index (κ1) is 31.1. The molecule has 3 aliphatic rings. The standard InChI is InChI=1S/C28H43N3O7S/c1-17(2)28(5,6)26(37)29(7)16-27(3,4)39-20-14-23(34)30(24(20)35)15-18-8-10-19(11-9-18)25(36)38-31-21(32)12-13-22(31)33/h17-20H,8-16H2,1-7H3. The van der Waals surface area contributed by atoms with E-state index in [1.165, 1.54) is 16.7 Å². The molecule has 2 aliphatic heterocycles. The Labute approximate surface area is 235 Å². The fourth-order valence-corrected chi connectivity index (χ4v) is 6.89. The molecule has 0 aromatic heterocycles. The van der Waals surface area contributed by atoms with Gasteiger partial charge in [-0.1, -0.05) is 27.7 Å². The third-order valence-electron chi connectivity index (χ3n) is 8.43. The Balaban J connectivity index is 1.49. The predicted octanol–water partition coefficient (Wildman–Crippen LogP) is 3.18. The Hall–Kier alpha value is -2.43. The molecule has 0 spiro atoms. The van der Waals surface area contributed by atoms with Crippen molar-refractivity contribution in [3.63, 3.8) is 0 Å². The normalized spacial score (nSPS) is 24.7. The van der Waals surface area contributed by atoms with Gasteiger partial charge >= 0.3 is 5.97 Å². The van der Waals surface area contributed by atoms with Crippen LogP contribution in [-0.4, -0.2) is 80.5 Å². The molecule has 1 unspecified atom stereocenters. The number of carbonyl (C=O) groups excluding carboxylic acids is 6. The molecule has 0 radical (unpaired) electrons. The van der Waals surface area contributed by atoms with Crippen molar-refractivity contribution in [1.82, 2.24) is 14.9 Å². The van der Waals surface area contributed by atoms with Crippen LogP contribution in [0.1, 0.15) is 86.5 Å². The number of hydrogen-bond acceptors (Lipinski definition) is 8. The highest BCUT2D eigenvalue weighted by Crippen LogP contribution is 2.38. The summed E-state index contributed by atoms with van der Waals surface area (Å²) in [5.41, 5.74) is -0.496. The highest BCUT2D eigenvalue weighted by molar-refractivity contribution is 8.02. The number of imide groups is 2. The zero-order valence-corrected chi connectivity index (χ0v) is 25.1. The van der Waals surface area contributed by atoms with Crippen molar-refractivity contribution in [2.45, 2.75) is 96.5 Å². The minimum absolute atomic E-state index is 0.0539. The van der Waals surface area contributed by atoms with E-state index in [0.29, 0.717) is 43.8 Å². The van der Waals surface area contributed by atoms with Gasteiger partial charge in [-0.15, -0.1) is 16.8 Å². The van der Waals surface area contributed by atoms with Gasteiger partial charge in [-0.05, 0) is 51.4 Å². The van der Waals surface area contributed by atoms with Gasteiger partial charge in [0.05, 0.1) is 11.2 Å². The van der Waals surface area contributed by atoms with Crippen molar-refractivity contribution in [1.29, 1.82) is 0 Å². The molecule has 1 saturated carbocycles. The quantitative estimate of drug-likeness (QED) is 0.370. The van der Waals surface area contributed by atoms with Gasteiger partial charge in [0.2, 0.25) is 17.7 Å². The number of carbonyl (C=O) groups is 6. The molecule has 0 N–H and O–H groups in total. The van der Waals surface area contributed by atoms with Gasteiger partial charge < -0.3 is 9.74 Å². The maximum absolute atomic E-state index is 13.2. The monoisotopic (exact) mass is 565 g/mol. The molecule has 39 heavy (non-hydrogen) atoms. The average Bonchev–Trinajstić information content (AvgIpc) is 3.30. The van der Waals surface area contributed by atoms with Crippen LogP contribution in [0.3, 0.4) is 0 Å². The van der Waals surface area contributed by atoms with Crippen LogP contribution in [0.25, 0.3) is 0 Å². The lowest BCUT2D eigenvalue weighted by Crippen LogP contribution is -2.46. The van der Waals surface area contributed by atoms with Crippen LogP contribution in [0.2, 0.25) is 0 Å². The number of rotatable bonds is 10. The van der Waals surface area contributed by atoms with E-state index < -0.39 is 39.1 Å². The Bertz CT molecular complexity index is 1000. The summed E-state index contributed by atoms with van der Waals surface area (Å²) in [6.07, 6.45) is 2.54. The lowest BCUT2D eigenvalue weighted by molar-refractivity contribution is -0.201. The van der Waals surface area contributed by atoms with E-state index in [1.54, 1.807) is 11.9 Å². The summed E-state index contributed by atoms with van der Waals surface area (Å²) in [5, 5.41) is 0.0877. The fraction of sp³-hybridized carbons (Fsp3) is 0.786.